The fraction of sp³-hybridized carbons (Fsp3) is 0.650. The van der Waals surface area contributed by atoms with Crippen LogP contribution in [0, 0.1) is 0 Å². The molecule has 1 aliphatic heterocycles. The lowest BCUT2D eigenvalue weighted by Crippen LogP contribution is -2.37. The van der Waals surface area contributed by atoms with E-state index in [0.29, 0.717) is 19.7 Å². The number of aliphatic imine (C=N–C) groups is 1. The lowest BCUT2D eigenvalue weighted by Gasteiger charge is -2.12. The molecule has 1 fully saturated rings. The number of hydrogen-bond donors (Lipinski definition) is 3. The topological polar surface area (TPSA) is 91.8 Å². The Morgan fingerprint density at radius 2 is 2.00 bits per heavy atom. The molecule has 1 unspecified atom stereocenters. The summed E-state index contributed by atoms with van der Waals surface area (Å²) in [6, 6.07) is 6.88. The minimum Gasteiger partial charge on any atom is -0.377 e. The van der Waals surface area contributed by atoms with Gasteiger partial charge in [0.15, 0.2) is 5.96 Å². The summed E-state index contributed by atoms with van der Waals surface area (Å²) in [4.78, 5) is 4.86. The Kier molecular flexibility index (Phi) is 14.0. The molecule has 1 saturated heterocycles. The fourth-order valence-corrected chi connectivity index (χ4v) is 4.51. The van der Waals surface area contributed by atoms with Gasteiger partial charge in [-0.25, -0.2) is 18.1 Å². The maximum Gasteiger partial charge on any atom is 0.240 e. The van der Waals surface area contributed by atoms with Gasteiger partial charge in [0.1, 0.15) is 0 Å². The van der Waals surface area contributed by atoms with Gasteiger partial charge in [-0.1, -0.05) is 12.1 Å². The SMILES string of the molecule is CCNC(=NCc1ccc(S(=O)(=O)NCC2CCCO2)cc1)NCCCCSC.I. The second-order valence-corrected chi connectivity index (χ2v) is 9.71. The van der Waals surface area contributed by atoms with Crippen molar-refractivity contribution in [3.63, 3.8) is 0 Å². The zero-order valence-electron chi connectivity index (χ0n) is 17.9. The van der Waals surface area contributed by atoms with Crippen LogP contribution in [0.4, 0.5) is 0 Å². The van der Waals surface area contributed by atoms with Crippen LogP contribution in [0.2, 0.25) is 0 Å². The molecule has 0 radical (unpaired) electrons. The molecule has 0 saturated carbocycles. The molecule has 172 valence electrons. The second-order valence-electron chi connectivity index (χ2n) is 6.95. The molecule has 0 bridgehead atoms. The van der Waals surface area contributed by atoms with Crippen LogP contribution < -0.4 is 15.4 Å². The standard InChI is InChI=1S/C20H34N4O3S2.HI/c1-3-21-20(22-12-4-5-14-28-2)23-15-17-8-10-19(11-9-17)29(25,26)24-16-18-7-6-13-27-18;/h8-11,18,24H,3-7,12-16H2,1-2H3,(H2,21,22,23);1H. The van der Waals surface area contributed by atoms with Crippen LogP contribution in [0.5, 0.6) is 0 Å². The van der Waals surface area contributed by atoms with Crippen molar-refractivity contribution in [1.82, 2.24) is 15.4 Å². The number of ether oxygens (including phenoxy) is 1. The maximum atomic E-state index is 12.4. The zero-order valence-corrected chi connectivity index (χ0v) is 21.8. The summed E-state index contributed by atoms with van der Waals surface area (Å²) < 4.78 is 33.0. The molecule has 0 aromatic heterocycles. The van der Waals surface area contributed by atoms with Gasteiger partial charge in [-0.2, -0.15) is 11.8 Å². The van der Waals surface area contributed by atoms with E-state index in [9.17, 15) is 8.42 Å². The summed E-state index contributed by atoms with van der Waals surface area (Å²) in [5.41, 5.74) is 0.961. The minimum absolute atomic E-state index is 0. The Morgan fingerprint density at radius 3 is 2.63 bits per heavy atom. The third kappa shape index (κ3) is 10.2. The fourth-order valence-electron chi connectivity index (χ4n) is 2.96. The second kappa shape index (κ2) is 15.3. The van der Waals surface area contributed by atoms with Gasteiger partial charge < -0.3 is 15.4 Å². The van der Waals surface area contributed by atoms with Crippen molar-refractivity contribution in [1.29, 1.82) is 0 Å². The van der Waals surface area contributed by atoms with E-state index < -0.39 is 10.0 Å². The Hall–Kier alpha value is -0.560. The Bertz CT molecular complexity index is 724. The first kappa shape index (κ1) is 27.5. The molecular weight excluding hydrogens is 535 g/mol. The molecule has 10 heteroatoms. The molecule has 3 N–H and O–H groups in total. The van der Waals surface area contributed by atoms with Gasteiger partial charge in [0.25, 0.3) is 0 Å². The van der Waals surface area contributed by atoms with E-state index in [1.165, 1.54) is 12.2 Å². The molecule has 0 amide bonds. The first-order valence-electron chi connectivity index (χ1n) is 10.3. The number of nitrogens with one attached hydrogen (secondary N) is 3. The normalized spacial score (nSPS) is 16.9. The minimum atomic E-state index is -3.52. The number of guanidine groups is 1. The Labute approximate surface area is 202 Å². The zero-order chi connectivity index (χ0) is 21.0. The highest BCUT2D eigenvalue weighted by Crippen LogP contribution is 2.14. The van der Waals surface area contributed by atoms with Crippen molar-refractivity contribution in [3.05, 3.63) is 29.8 Å². The molecule has 0 spiro atoms. The van der Waals surface area contributed by atoms with E-state index >= 15 is 0 Å². The van der Waals surface area contributed by atoms with Gasteiger partial charge in [0.05, 0.1) is 17.5 Å². The first-order chi connectivity index (χ1) is 14.0. The maximum absolute atomic E-state index is 12.4. The van der Waals surface area contributed by atoms with Crippen molar-refractivity contribution in [2.75, 3.05) is 38.2 Å². The summed E-state index contributed by atoms with van der Waals surface area (Å²) in [7, 11) is -3.52. The third-order valence-electron chi connectivity index (χ3n) is 4.59. The van der Waals surface area contributed by atoms with Crippen LogP contribution in [0.25, 0.3) is 0 Å². The molecule has 1 aliphatic rings. The predicted octanol–water partition coefficient (Wildman–Crippen LogP) is 2.96. The van der Waals surface area contributed by atoms with Gasteiger partial charge in [0, 0.05) is 26.2 Å². The van der Waals surface area contributed by atoms with Crippen LogP contribution in [0.1, 0.15) is 38.2 Å². The number of hydrogen-bond acceptors (Lipinski definition) is 5. The van der Waals surface area contributed by atoms with Gasteiger partial charge in [-0.15, -0.1) is 24.0 Å². The van der Waals surface area contributed by atoms with E-state index in [0.717, 1.165) is 43.9 Å². The molecule has 1 aromatic rings. The van der Waals surface area contributed by atoms with Crippen molar-refractivity contribution in [2.24, 2.45) is 4.99 Å². The highest BCUT2D eigenvalue weighted by molar-refractivity contribution is 14.0. The van der Waals surface area contributed by atoms with Crippen LogP contribution in [0.15, 0.2) is 34.2 Å². The molecular formula is C20H35IN4O3S2. The predicted molar refractivity (Wildman–Crippen MR) is 136 cm³/mol. The van der Waals surface area contributed by atoms with Crippen LogP contribution in [-0.4, -0.2) is 58.7 Å². The molecule has 1 heterocycles. The molecule has 7 nitrogen and oxygen atoms in total. The molecule has 2 rings (SSSR count). The smallest absolute Gasteiger partial charge is 0.240 e. The van der Waals surface area contributed by atoms with E-state index in [1.54, 1.807) is 12.1 Å². The molecule has 0 aliphatic carbocycles. The number of nitrogens with zero attached hydrogens (tertiary/aromatic N) is 1. The van der Waals surface area contributed by atoms with Gasteiger partial charge in [0.2, 0.25) is 10.0 Å². The average molecular weight is 571 g/mol. The van der Waals surface area contributed by atoms with Crippen LogP contribution in [0.3, 0.4) is 0 Å². The van der Waals surface area contributed by atoms with Gasteiger partial charge in [-0.3, -0.25) is 0 Å². The summed E-state index contributed by atoms with van der Waals surface area (Å²) in [6.45, 7) is 5.24. The number of halogens is 1. The molecule has 1 atom stereocenters. The summed E-state index contributed by atoms with van der Waals surface area (Å²) in [5.74, 6) is 1.96. The lowest BCUT2D eigenvalue weighted by atomic mass is 10.2. The van der Waals surface area contributed by atoms with E-state index in [4.69, 9.17) is 4.74 Å². The largest absolute Gasteiger partial charge is 0.377 e. The average Bonchev–Trinajstić information content (AvgIpc) is 3.24. The summed E-state index contributed by atoms with van der Waals surface area (Å²) in [5, 5.41) is 6.58. The quantitative estimate of drug-likeness (QED) is 0.155. The Balaban J connectivity index is 0.00000450. The monoisotopic (exact) mass is 570 g/mol. The Morgan fingerprint density at radius 1 is 1.23 bits per heavy atom. The van der Waals surface area contributed by atoms with E-state index in [2.05, 4.69) is 26.6 Å². The van der Waals surface area contributed by atoms with Crippen LogP contribution >= 0.6 is 35.7 Å². The number of unbranched alkanes of at least 4 members (excludes halogenated alkanes) is 1. The number of sulfonamides is 1. The first-order valence-corrected chi connectivity index (χ1v) is 13.1. The molecule has 1 aromatic carbocycles. The number of benzene rings is 1. The van der Waals surface area contributed by atoms with Crippen molar-refractivity contribution >= 4 is 51.7 Å². The lowest BCUT2D eigenvalue weighted by molar-refractivity contribution is 0.114. The third-order valence-corrected chi connectivity index (χ3v) is 6.73. The summed E-state index contributed by atoms with van der Waals surface area (Å²) >= 11 is 1.86. The van der Waals surface area contributed by atoms with Gasteiger partial charge in [-0.05, 0) is 62.3 Å². The molecule has 30 heavy (non-hydrogen) atoms. The van der Waals surface area contributed by atoms with Gasteiger partial charge >= 0.3 is 0 Å². The van der Waals surface area contributed by atoms with E-state index in [1.807, 2.05) is 30.8 Å². The number of rotatable bonds is 12. The van der Waals surface area contributed by atoms with E-state index in [-0.39, 0.29) is 35.0 Å². The highest BCUT2D eigenvalue weighted by Gasteiger charge is 2.20. The van der Waals surface area contributed by atoms with Crippen molar-refractivity contribution in [3.8, 4) is 0 Å². The van der Waals surface area contributed by atoms with Crippen molar-refractivity contribution in [2.45, 2.75) is 50.2 Å². The number of thioether (sulfide) groups is 1. The highest BCUT2D eigenvalue weighted by atomic mass is 127. The summed E-state index contributed by atoms with van der Waals surface area (Å²) in [6.07, 6.45) is 6.29. The van der Waals surface area contributed by atoms with Crippen molar-refractivity contribution < 1.29 is 13.2 Å². The van der Waals surface area contributed by atoms with Crippen LogP contribution in [-0.2, 0) is 21.3 Å².